The smallest absolute Gasteiger partial charge is 0.253 e. The molecular formula is C16H21N7O2. The Bertz CT molecular complexity index is 722. The summed E-state index contributed by atoms with van der Waals surface area (Å²) in [6, 6.07) is 4.83. The number of methoxy groups -OCH3 is 1. The fourth-order valence-corrected chi connectivity index (χ4v) is 3.11. The third kappa shape index (κ3) is 4.42. The Hall–Kier alpha value is -2.73. The summed E-state index contributed by atoms with van der Waals surface area (Å²) in [5.74, 6) is -0.127. The Morgan fingerprint density at radius 2 is 2.00 bits per heavy atom. The highest BCUT2D eigenvalue weighted by Crippen LogP contribution is 2.30. The van der Waals surface area contributed by atoms with Gasteiger partial charge < -0.3 is 9.64 Å². The lowest BCUT2D eigenvalue weighted by Gasteiger charge is -2.40. The van der Waals surface area contributed by atoms with Gasteiger partial charge >= 0.3 is 0 Å². The van der Waals surface area contributed by atoms with Crippen molar-refractivity contribution in [3.63, 3.8) is 0 Å². The molecule has 1 heterocycles. The van der Waals surface area contributed by atoms with Crippen molar-refractivity contribution in [2.75, 3.05) is 20.2 Å². The number of piperidine rings is 1. The zero-order chi connectivity index (χ0) is 18.3. The van der Waals surface area contributed by atoms with Crippen LogP contribution in [0, 0.1) is 0 Å². The Balaban J connectivity index is 2.22. The third-order valence-electron chi connectivity index (χ3n) is 4.74. The van der Waals surface area contributed by atoms with Crippen molar-refractivity contribution >= 4 is 11.6 Å². The molecule has 1 aliphatic rings. The first-order chi connectivity index (χ1) is 12.1. The summed E-state index contributed by atoms with van der Waals surface area (Å²) < 4.78 is 5.64. The highest BCUT2D eigenvalue weighted by atomic mass is 16.5. The van der Waals surface area contributed by atoms with E-state index in [4.69, 9.17) is 15.8 Å². The summed E-state index contributed by atoms with van der Waals surface area (Å²) in [6.45, 7) is 3.40. The monoisotopic (exact) mass is 343 g/mol. The molecule has 132 valence electrons. The summed E-state index contributed by atoms with van der Waals surface area (Å²) >= 11 is 0. The molecule has 0 bridgehead atoms. The van der Waals surface area contributed by atoms with Gasteiger partial charge in [-0.2, -0.15) is 0 Å². The molecule has 9 heteroatoms. The van der Waals surface area contributed by atoms with Gasteiger partial charge in [0.15, 0.2) is 0 Å². The Labute approximate surface area is 145 Å². The van der Waals surface area contributed by atoms with Crippen LogP contribution in [0.4, 0.5) is 5.69 Å². The van der Waals surface area contributed by atoms with Crippen LogP contribution in [0.2, 0.25) is 0 Å². The predicted octanol–water partition coefficient (Wildman–Crippen LogP) is 4.47. The van der Waals surface area contributed by atoms with E-state index in [9.17, 15) is 4.79 Å². The number of likely N-dealkylation sites (tertiary alicyclic amines) is 1. The standard InChI is InChI=1S/C16H21N7O2/c1-3-16(25-2)4-6-23(7-5-16)15(24)13-8-12(11-19-21-17)9-14(10-13)20-22-18/h8-10H,3-7,11H2,1-2H3. The highest BCUT2D eigenvalue weighted by Gasteiger charge is 2.34. The molecule has 9 nitrogen and oxygen atoms in total. The van der Waals surface area contributed by atoms with Crippen molar-refractivity contribution in [2.45, 2.75) is 38.3 Å². The van der Waals surface area contributed by atoms with Gasteiger partial charge in [0, 0.05) is 41.3 Å². The normalized spacial score (nSPS) is 15.8. The van der Waals surface area contributed by atoms with E-state index in [1.165, 1.54) is 0 Å². The third-order valence-corrected chi connectivity index (χ3v) is 4.74. The molecule has 1 saturated heterocycles. The fourth-order valence-electron chi connectivity index (χ4n) is 3.11. The van der Waals surface area contributed by atoms with Gasteiger partial charge in [-0.15, -0.1) is 0 Å². The van der Waals surface area contributed by atoms with E-state index in [1.54, 1.807) is 30.2 Å². The van der Waals surface area contributed by atoms with Crippen molar-refractivity contribution in [3.05, 3.63) is 50.2 Å². The minimum atomic E-state index is -0.156. The van der Waals surface area contributed by atoms with E-state index < -0.39 is 0 Å². The van der Waals surface area contributed by atoms with E-state index >= 15 is 0 Å². The maximum atomic E-state index is 12.8. The Morgan fingerprint density at radius 3 is 2.56 bits per heavy atom. The van der Waals surface area contributed by atoms with Crippen LogP contribution < -0.4 is 0 Å². The molecule has 0 radical (unpaired) electrons. The number of ether oxygens (including phenoxy) is 1. The number of carbonyl (C=O) groups is 1. The first-order valence-corrected chi connectivity index (χ1v) is 8.12. The Kier molecular flexibility index (Phi) is 6.25. The van der Waals surface area contributed by atoms with Crippen LogP contribution in [0.1, 0.15) is 42.1 Å². The Morgan fingerprint density at radius 1 is 1.28 bits per heavy atom. The minimum Gasteiger partial charge on any atom is -0.378 e. The topological polar surface area (TPSA) is 127 Å². The van der Waals surface area contributed by atoms with Gasteiger partial charge in [-0.25, -0.2) is 0 Å². The van der Waals surface area contributed by atoms with E-state index in [0.717, 1.165) is 19.3 Å². The minimum absolute atomic E-state index is 0.0915. The van der Waals surface area contributed by atoms with E-state index in [2.05, 4.69) is 27.0 Å². The summed E-state index contributed by atoms with van der Waals surface area (Å²) in [5, 5.41) is 7.07. The summed E-state index contributed by atoms with van der Waals surface area (Å²) in [4.78, 5) is 20.1. The zero-order valence-corrected chi connectivity index (χ0v) is 14.4. The molecule has 0 aromatic heterocycles. The van der Waals surface area contributed by atoms with Gasteiger partial charge in [0.05, 0.1) is 12.1 Å². The molecular weight excluding hydrogens is 322 g/mol. The number of hydrogen-bond donors (Lipinski definition) is 0. The van der Waals surface area contributed by atoms with Crippen LogP contribution in [-0.4, -0.2) is 36.6 Å². The largest absolute Gasteiger partial charge is 0.378 e. The number of carbonyl (C=O) groups excluding carboxylic acids is 1. The van der Waals surface area contributed by atoms with Gasteiger partial charge in [-0.05, 0) is 54.1 Å². The lowest BCUT2D eigenvalue weighted by atomic mass is 9.88. The van der Waals surface area contributed by atoms with Crippen molar-refractivity contribution < 1.29 is 9.53 Å². The SMILES string of the molecule is CCC1(OC)CCN(C(=O)c2cc(CN=[N+]=[N-])cc(N=[N+]=[N-])c2)CC1. The summed E-state index contributed by atoms with van der Waals surface area (Å²) in [6.07, 6.45) is 2.48. The molecule has 0 atom stereocenters. The van der Waals surface area contributed by atoms with Crippen LogP contribution in [-0.2, 0) is 11.3 Å². The second kappa shape index (κ2) is 8.39. The molecule has 2 rings (SSSR count). The molecule has 1 amide bonds. The molecule has 0 spiro atoms. The highest BCUT2D eigenvalue weighted by molar-refractivity contribution is 5.95. The molecule has 0 saturated carbocycles. The van der Waals surface area contributed by atoms with Gasteiger partial charge in [-0.3, -0.25) is 4.79 Å². The summed E-state index contributed by atoms with van der Waals surface area (Å²) in [5.41, 5.74) is 18.3. The van der Waals surface area contributed by atoms with E-state index in [0.29, 0.717) is 29.9 Å². The van der Waals surface area contributed by atoms with Crippen molar-refractivity contribution in [2.24, 2.45) is 10.2 Å². The van der Waals surface area contributed by atoms with Crippen LogP contribution in [0.5, 0.6) is 0 Å². The van der Waals surface area contributed by atoms with Crippen molar-refractivity contribution in [1.82, 2.24) is 4.90 Å². The van der Waals surface area contributed by atoms with Gasteiger partial charge in [-0.1, -0.05) is 17.2 Å². The zero-order valence-electron chi connectivity index (χ0n) is 14.4. The van der Waals surface area contributed by atoms with Gasteiger partial charge in [0.25, 0.3) is 5.91 Å². The number of amides is 1. The lowest BCUT2D eigenvalue weighted by Crippen LogP contribution is -2.47. The number of nitrogens with zero attached hydrogens (tertiary/aromatic N) is 7. The molecule has 0 N–H and O–H groups in total. The van der Waals surface area contributed by atoms with Crippen molar-refractivity contribution in [1.29, 1.82) is 0 Å². The van der Waals surface area contributed by atoms with Gasteiger partial charge in [0.2, 0.25) is 0 Å². The predicted molar refractivity (Wildman–Crippen MR) is 93.3 cm³/mol. The lowest BCUT2D eigenvalue weighted by molar-refractivity contribution is -0.0545. The van der Waals surface area contributed by atoms with Crippen molar-refractivity contribution in [3.8, 4) is 0 Å². The van der Waals surface area contributed by atoms with Crippen LogP contribution >= 0.6 is 0 Å². The van der Waals surface area contributed by atoms with Gasteiger partial charge in [0.1, 0.15) is 0 Å². The molecule has 0 aliphatic carbocycles. The number of azide groups is 2. The summed E-state index contributed by atoms with van der Waals surface area (Å²) in [7, 11) is 1.71. The number of hydrogen-bond acceptors (Lipinski definition) is 4. The number of benzene rings is 1. The van der Waals surface area contributed by atoms with Crippen LogP contribution in [0.3, 0.4) is 0 Å². The quantitative estimate of drug-likeness (QED) is 0.429. The average molecular weight is 343 g/mol. The molecule has 1 aromatic carbocycles. The molecule has 1 aromatic rings. The average Bonchev–Trinajstić information content (AvgIpc) is 2.66. The molecule has 0 unspecified atom stereocenters. The maximum absolute atomic E-state index is 12.8. The second-order valence-corrected chi connectivity index (χ2v) is 6.00. The maximum Gasteiger partial charge on any atom is 0.253 e. The first kappa shape index (κ1) is 18.6. The molecule has 25 heavy (non-hydrogen) atoms. The van der Waals surface area contributed by atoms with E-state index in [-0.39, 0.29) is 18.1 Å². The van der Waals surface area contributed by atoms with Crippen LogP contribution in [0.25, 0.3) is 20.9 Å². The van der Waals surface area contributed by atoms with Crippen LogP contribution in [0.15, 0.2) is 28.4 Å². The molecule has 1 fully saturated rings. The first-order valence-electron chi connectivity index (χ1n) is 8.12. The van der Waals surface area contributed by atoms with E-state index in [1.807, 2.05) is 0 Å². The second-order valence-electron chi connectivity index (χ2n) is 6.00. The molecule has 1 aliphatic heterocycles. The number of rotatable bonds is 6. The fraction of sp³-hybridized carbons (Fsp3) is 0.562.